The summed E-state index contributed by atoms with van der Waals surface area (Å²) in [6, 6.07) is 0. The van der Waals surface area contributed by atoms with Crippen LogP contribution in [0.25, 0.3) is 0 Å². The van der Waals surface area contributed by atoms with E-state index in [1.165, 1.54) is 121 Å². The largest absolute Gasteiger partial charge is 0.466 e. The van der Waals surface area contributed by atoms with Crippen LogP contribution < -0.4 is 0 Å². The fourth-order valence-corrected chi connectivity index (χ4v) is 14.0. The summed E-state index contributed by atoms with van der Waals surface area (Å²) in [4.78, 5) is 58.0. The normalized spacial score (nSPS) is 11.9. The Hall–Kier alpha value is -0.400. The lowest BCUT2D eigenvalue weighted by atomic mass is 10.0. The van der Waals surface area contributed by atoms with Gasteiger partial charge in [-0.05, 0) is 104 Å². The molecule has 0 radical (unpaired) electrons. The van der Waals surface area contributed by atoms with Crippen LogP contribution in [0.2, 0.25) is 0 Å². The van der Waals surface area contributed by atoms with Gasteiger partial charge in [0, 0.05) is 60.7 Å². The minimum absolute atomic E-state index is 0.192. The first-order chi connectivity index (χ1) is 37.0. The lowest BCUT2D eigenvalue weighted by Crippen LogP contribution is -2.34. The van der Waals surface area contributed by atoms with Gasteiger partial charge in [0.05, 0.1) is 32.3 Å². The van der Waals surface area contributed by atoms with Gasteiger partial charge in [0.2, 0.25) is 0 Å². The van der Waals surface area contributed by atoms with Crippen molar-refractivity contribution in [3.8, 4) is 0 Å². The van der Waals surface area contributed by atoms with E-state index in [2.05, 4.69) is 69.4 Å². The summed E-state index contributed by atoms with van der Waals surface area (Å²) in [5.41, 5.74) is 1.33. The van der Waals surface area contributed by atoms with E-state index in [-0.39, 0.29) is 49.6 Å². The van der Waals surface area contributed by atoms with E-state index >= 15 is 0 Å². The number of nitrogens with zero attached hydrogens (tertiary/aromatic N) is 3. The second kappa shape index (κ2) is 59.2. The Bertz CT molecular complexity index is 1330. The van der Waals surface area contributed by atoms with E-state index < -0.39 is 0 Å². The quantitative estimate of drug-likeness (QED) is 0.0189. The molecule has 1 atom stereocenters. The molecule has 0 N–H and O–H groups in total. The molecule has 0 aromatic carbocycles. The number of hydrogen-bond acceptors (Lipinski definition) is 17. The van der Waals surface area contributed by atoms with Crippen LogP contribution in [0.3, 0.4) is 0 Å². The molecule has 0 amide bonds. The minimum atomic E-state index is -0.196. The van der Waals surface area contributed by atoms with Crippen LogP contribution in [0.1, 0.15) is 215 Å². The summed E-state index contributed by atoms with van der Waals surface area (Å²) >= 11 is 0. The van der Waals surface area contributed by atoms with Gasteiger partial charge in [0.1, 0.15) is 19.8 Å². The number of hydrogen-bond donors (Lipinski definition) is 0. The highest BCUT2D eigenvalue weighted by Gasteiger charge is 2.16. The van der Waals surface area contributed by atoms with E-state index in [0.29, 0.717) is 58.5 Å². The van der Waals surface area contributed by atoms with E-state index in [9.17, 15) is 19.2 Å². The molecule has 11 nitrogen and oxygen atoms in total. The standard InChI is InChI=1S/C59H113N3O8S6/c1-8-11-14-17-20-23-48-71-74-51-45-68-57(64)32-41-61(40-31-56(63)67-44-35-55(6)30-26-29-54(4)5)38-27-36-60(7)37-28-39-62(42-33-58(65)69-46-52-75-72-49-24-21-18-15-12-9-2)43-34-59(66)70-47-53-76-73-50-25-22-19-16-13-10-3/h29,55H,8-28,30-53H2,1-7H3. The predicted octanol–water partition coefficient (Wildman–Crippen LogP) is 16.0. The highest BCUT2D eigenvalue weighted by Crippen LogP contribution is 2.25. The molecule has 0 rings (SSSR count). The Morgan fingerprint density at radius 3 is 1.05 bits per heavy atom. The fraction of sp³-hybridized carbons (Fsp3) is 0.898. The Kier molecular flexibility index (Phi) is 58.9. The summed E-state index contributed by atoms with van der Waals surface area (Å²) in [6.07, 6.45) is 31.5. The second-order valence-corrected chi connectivity index (χ2v) is 28.7. The van der Waals surface area contributed by atoms with Crippen LogP contribution in [-0.4, -0.2) is 159 Å². The minimum Gasteiger partial charge on any atom is -0.466 e. The molecule has 0 aliphatic carbocycles. The van der Waals surface area contributed by atoms with Crippen molar-refractivity contribution in [2.75, 3.05) is 120 Å². The number of esters is 4. The van der Waals surface area contributed by atoms with E-state index in [1.807, 2.05) is 32.4 Å². The third kappa shape index (κ3) is 56.9. The maximum Gasteiger partial charge on any atom is 0.307 e. The Balaban J connectivity index is 5.09. The summed E-state index contributed by atoms with van der Waals surface area (Å²) in [7, 11) is 13.1. The van der Waals surface area contributed by atoms with E-state index in [1.54, 1.807) is 32.4 Å². The molecule has 0 saturated carbocycles. The molecule has 0 saturated heterocycles. The van der Waals surface area contributed by atoms with Gasteiger partial charge < -0.3 is 33.6 Å². The van der Waals surface area contributed by atoms with Crippen molar-refractivity contribution < 1.29 is 38.1 Å². The Morgan fingerprint density at radius 2 is 0.711 bits per heavy atom. The molecular weight excluding hydrogens is 1070 g/mol. The monoisotopic (exact) mass is 1180 g/mol. The van der Waals surface area contributed by atoms with Crippen LogP contribution >= 0.6 is 64.8 Å². The maximum absolute atomic E-state index is 12.9. The number of allylic oxidation sites excluding steroid dienone is 2. The van der Waals surface area contributed by atoms with Gasteiger partial charge in [0.15, 0.2) is 0 Å². The van der Waals surface area contributed by atoms with Gasteiger partial charge in [-0.1, -0.05) is 200 Å². The van der Waals surface area contributed by atoms with E-state index in [0.717, 1.165) is 92.8 Å². The topological polar surface area (TPSA) is 115 Å². The van der Waals surface area contributed by atoms with Crippen LogP contribution in [0.4, 0.5) is 0 Å². The van der Waals surface area contributed by atoms with Gasteiger partial charge in [-0.2, -0.15) is 0 Å². The average Bonchev–Trinajstić information content (AvgIpc) is 3.39. The van der Waals surface area contributed by atoms with Gasteiger partial charge in [-0.15, -0.1) is 0 Å². The van der Waals surface area contributed by atoms with Crippen molar-refractivity contribution >= 4 is 88.6 Å². The van der Waals surface area contributed by atoms with Crippen molar-refractivity contribution in [3.63, 3.8) is 0 Å². The van der Waals surface area contributed by atoms with Gasteiger partial charge in [-0.3, -0.25) is 19.2 Å². The summed E-state index contributed by atoms with van der Waals surface area (Å²) in [5.74, 6) is 5.49. The highest BCUT2D eigenvalue weighted by molar-refractivity contribution is 8.77. The molecule has 76 heavy (non-hydrogen) atoms. The SMILES string of the molecule is CCCCCCCCSSCCOC(=O)CCN(CCCN(C)CCCN(CCC(=O)OCCSSCCCCCCCC)CCC(=O)OCCC(C)CCC=C(C)C)CCC(=O)OCCSSCCCCCCCC. The molecule has 0 aromatic rings. The molecule has 0 heterocycles. The molecular formula is C59H113N3O8S6. The molecule has 0 aromatic heterocycles. The number of unbranched alkanes of at least 4 members (excludes halogenated alkanes) is 15. The average molecular weight is 1180 g/mol. The van der Waals surface area contributed by atoms with Crippen LogP contribution in [0, 0.1) is 5.92 Å². The zero-order valence-corrected chi connectivity index (χ0v) is 54.4. The molecule has 17 heteroatoms. The molecule has 0 spiro atoms. The maximum atomic E-state index is 12.9. The van der Waals surface area contributed by atoms with Gasteiger partial charge in [-0.25, -0.2) is 0 Å². The van der Waals surface area contributed by atoms with Crippen LogP contribution in [-0.2, 0) is 38.1 Å². The molecule has 448 valence electrons. The molecule has 0 bridgehead atoms. The zero-order chi connectivity index (χ0) is 55.8. The lowest BCUT2D eigenvalue weighted by Gasteiger charge is -2.25. The lowest BCUT2D eigenvalue weighted by molar-refractivity contribution is -0.145. The van der Waals surface area contributed by atoms with Crippen molar-refractivity contribution in [3.05, 3.63) is 11.6 Å². The number of ether oxygens (including phenoxy) is 4. The van der Waals surface area contributed by atoms with Crippen molar-refractivity contribution in [2.24, 2.45) is 5.92 Å². The highest BCUT2D eigenvalue weighted by atomic mass is 33.1. The zero-order valence-electron chi connectivity index (χ0n) is 49.5. The van der Waals surface area contributed by atoms with Gasteiger partial charge in [0.25, 0.3) is 0 Å². The number of rotatable bonds is 59. The molecule has 0 aliphatic heterocycles. The van der Waals surface area contributed by atoms with Crippen molar-refractivity contribution in [1.82, 2.24) is 14.7 Å². The summed E-state index contributed by atoms with van der Waals surface area (Å²) in [5, 5.41) is 0. The number of carbonyl (C=O) groups excluding carboxylic acids is 4. The fourth-order valence-electron chi connectivity index (χ4n) is 8.12. The van der Waals surface area contributed by atoms with Crippen molar-refractivity contribution in [2.45, 2.75) is 215 Å². The predicted molar refractivity (Wildman–Crippen MR) is 339 cm³/mol. The Labute approximate surface area is 491 Å². The second-order valence-electron chi connectivity index (χ2n) is 20.6. The smallest absolute Gasteiger partial charge is 0.307 e. The summed E-state index contributed by atoms with van der Waals surface area (Å²) < 4.78 is 22.5. The first kappa shape index (κ1) is 75.6. The van der Waals surface area contributed by atoms with Crippen LogP contribution in [0.5, 0.6) is 0 Å². The molecule has 0 aliphatic rings. The third-order valence-electron chi connectivity index (χ3n) is 12.9. The molecule has 1 unspecified atom stereocenters. The van der Waals surface area contributed by atoms with E-state index in [4.69, 9.17) is 18.9 Å². The van der Waals surface area contributed by atoms with Crippen LogP contribution in [0.15, 0.2) is 11.6 Å². The summed E-state index contributed by atoms with van der Waals surface area (Å²) in [6.45, 7) is 20.2. The molecule has 0 fully saturated rings. The first-order valence-electron chi connectivity index (χ1n) is 30.1. The third-order valence-corrected chi connectivity index (χ3v) is 20.3. The van der Waals surface area contributed by atoms with Crippen molar-refractivity contribution in [1.29, 1.82) is 0 Å². The van der Waals surface area contributed by atoms with Gasteiger partial charge >= 0.3 is 23.9 Å². The number of carbonyl (C=O) groups is 4. The Morgan fingerprint density at radius 1 is 0.395 bits per heavy atom. The first-order valence-corrected chi connectivity index (χ1v) is 37.6.